The van der Waals surface area contributed by atoms with Gasteiger partial charge in [0.1, 0.15) is 28.7 Å². The highest BCUT2D eigenvalue weighted by Gasteiger charge is 2.30. The number of methoxy groups -OCH3 is 2. The Hall–Kier alpha value is -3.01. The quantitative estimate of drug-likeness (QED) is 0.425. The molecule has 0 unspecified atom stereocenters. The number of thioether (sulfide) groups is 1. The van der Waals surface area contributed by atoms with Crippen molar-refractivity contribution in [2.75, 3.05) is 43.3 Å². The molecule has 2 aromatic rings. The summed E-state index contributed by atoms with van der Waals surface area (Å²) in [5, 5.41) is 6.70. The molecule has 2 aliphatic rings. The summed E-state index contributed by atoms with van der Waals surface area (Å²) < 4.78 is 10.5. The fraction of sp³-hybridized carbons (Fsp3) is 0.478. The van der Waals surface area contributed by atoms with E-state index >= 15 is 0 Å². The number of aromatic nitrogens is 2. The molecule has 2 heterocycles. The summed E-state index contributed by atoms with van der Waals surface area (Å²) >= 11 is 1.35. The minimum Gasteiger partial charge on any atom is -0.497 e. The van der Waals surface area contributed by atoms with Crippen molar-refractivity contribution in [2.45, 2.75) is 36.8 Å². The Morgan fingerprint density at radius 1 is 1.09 bits per heavy atom. The maximum atomic E-state index is 12.5. The summed E-state index contributed by atoms with van der Waals surface area (Å²) in [6, 6.07) is 7.53. The van der Waals surface area contributed by atoms with E-state index in [-0.39, 0.29) is 23.5 Å². The summed E-state index contributed by atoms with van der Waals surface area (Å²) in [5.74, 6) is 2.32. The van der Waals surface area contributed by atoms with E-state index in [1.165, 1.54) is 18.1 Å². The van der Waals surface area contributed by atoms with Crippen LogP contribution in [-0.2, 0) is 9.59 Å². The zero-order chi connectivity index (χ0) is 23.2. The average Bonchev–Trinajstić information content (AvgIpc) is 3.67. The number of amides is 2. The number of hydrogen-bond acceptors (Lipinski definition) is 8. The molecule has 33 heavy (non-hydrogen) atoms. The molecule has 176 valence electrons. The Balaban J connectivity index is 1.28. The predicted molar refractivity (Wildman–Crippen MR) is 127 cm³/mol. The van der Waals surface area contributed by atoms with E-state index in [2.05, 4.69) is 25.5 Å². The number of benzene rings is 1. The van der Waals surface area contributed by atoms with Gasteiger partial charge in [0.2, 0.25) is 11.8 Å². The summed E-state index contributed by atoms with van der Waals surface area (Å²) in [6.45, 7) is 1.56. The maximum Gasteiger partial charge on any atom is 0.234 e. The standard InChI is InChI=1S/C23H29N5O4S/c1-31-17-5-6-18(19(11-17)32-2)27-21(29)13-33-22-12-20(24-14-25-22)28-9-7-15(8-10-28)23(30)26-16-3-4-16/h5-6,11-12,14-16H,3-4,7-10,13H2,1-2H3,(H,26,30)(H,27,29). The Morgan fingerprint density at radius 2 is 1.88 bits per heavy atom. The lowest BCUT2D eigenvalue weighted by Crippen LogP contribution is -2.41. The van der Waals surface area contributed by atoms with Gasteiger partial charge in [0, 0.05) is 37.2 Å². The maximum absolute atomic E-state index is 12.5. The van der Waals surface area contributed by atoms with Crippen LogP contribution in [0.1, 0.15) is 25.7 Å². The lowest BCUT2D eigenvalue weighted by molar-refractivity contribution is -0.125. The SMILES string of the molecule is COc1ccc(NC(=O)CSc2cc(N3CCC(C(=O)NC4CC4)CC3)ncn2)c(OC)c1. The van der Waals surface area contributed by atoms with Gasteiger partial charge < -0.3 is 25.0 Å². The van der Waals surface area contributed by atoms with Crippen molar-refractivity contribution in [3.05, 3.63) is 30.6 Å². The predicted octanol–water partition coefficient (Wildman–Crippen LogP) is 2.72. The van der Waals surface area contributed by atoms with Crippen molar-refractivity contribution < 1.29 is 19.1 Å². The molecule has 2 N–H and O–H groups in total. The largest absolute Gasteiger partial charge is 0.497 e. The Bertz CT molecular complexity index is 993. The first kappa shape index (κ1) is 23.2. The van der Waals surface area contributed by atoms with Crippen LogP contribution in [0.2, 0.25) is 0 Å². The van der Waals surface area contributed by atoms with E-state index in [9.17, 15) is 9.59 Å². The van der Waals surface area contributed by atoms with Crippen molar-refractivity contribution in [1.82, 2.24) is 15.3 Å². The molecule has 1 aromatic carbocycles. The Labute approximate surface area is 197 Å². The molecule has 1 saturated carbocycles. The number of anilines is 2. The first-order chi connectivity index (χ1) is 16.1. The van der Waals surface area contributed by atoms with Gasteiger partial charge in [0.25, 0.3) is 0 Å². The molecule has 10 heteroatoms. The van der Waals surface area contributed by atoms with E-state index in [1.807, 2.05) is 6.07 Å². The first-order valence-corrected chi connectivity index (χ1v) is 12.1. The van der Waals surface area contributed by atoms with Gasteiger partial charge in [-0.25, -0.2) is 9.97 Å². The van der Waals surface area contributed by atoms with E-state index in [0.29, 0.717) is 23.2 Å². The van der Waals surface area contributed by atoms with Crippen LogP contribution in [0.4, 0.5) is 11.5 Å². The zero-order valence-electron chi connectivity index (χ0n) is 18.9. The number of carbonyl (C=O) groups is 2. The molecule has 2 fully saturated rings. The summed E-state index contributed by atoms with van der Waals surface area (Å²) in [5.41, 5.74) is 0.584. The number of carbonyl (C=O) groups excluding carboxylic acids is 2. The van der Waals surface area contributed by atoms with Crippen molar-refractivity contribution in [3.63, 3.8) is 0 Å². The molecule has 1 aliphatic carbocycles. The lowest BCUT2D eigenvalue weighted by Gasteiger charge is -2.32. The molecule has 0 atom stereocenters. The lowest BCUT2D eigenvalue weighted by atomic mass is 9.96. The molecule has 2 amide bonds. The number of ether oxygens (including phenoxy) is 2. The van der Waals surface area contributed by atoms with Gasteiger partial charge in [0.05, 0.1) is 25.7 Å². The third-order valence-corrected chi connectivity index (χ3v) is 6.70. The monoisotopic (exact) mass is 471 g/mol. The molecule has 9 nitrogen and oxygen atoms in total. The van der Waals surface area contributed by atoms with E-state index in [4.69, 9.17) is 9.47 Å². The third-order valence-electron chi connectivity index (χ3n) is 5.77. The smallest absolute Gasteiger partial charge is 0.234 e. The van der Waals surface area contributed by atoms with Crippen molar-refractivity contribution in [3.8, 4) is 11.5 Å². The normalized spacial score (nSPS) is 16.2. The summed E-state index contributed by atoms with van der Waals surface area (Å²) in [6.07, 6.45) is 5.37. The van der Waals surface area contributed by atoms with Crippen LogP contribution >= 0.6 is 11.8 Å². The van der Waals surface area contributed by atoms with Gasteiger partial charge in [-0.15, -0.1) is 0 Å². The van der Waals surface area contributed by atoms with Crippen molar-refractivity contribution >= 4 is 35.1 Å². The second-order valence-electron chi connectivity index (χ2n) is 8.16. The first-order valence-electron chi connectivity index (χ1n) is 11.1. The molecule has 1 saturated heterocycles. The number of rotatable bonds is 9. The molecule has 0 radical (unpaired) electrons. The number of nitrogens with one attached hydrogen (secondary N) is 2. The van der Waals surface area contributed by atoms with Crippen LogP contribution in [0.15, 0.2) is 35.6 Å². The van der Waals surface area contributed by atoms with Crippen LogP contribution in [0, 0.1) is 5.92 Å². The topological polar surface area (TPSA) is 106 Å². The highest BCUT2D eigenvalue weighted by molar-refractivity contribution is 7.99. The minimum atomic E-state index is -0.161. The van der Waals surface area contributed by atoms with E-state index in [0.717, 1.165) is 49.6 Å². The fourth-order valence-corrected chi connectivity index (χ4v) is 4.39. The molecular formula is C23H29N5O4S. The highest BCUT2D eigenvalue weighted by Crippen LogP contribution is 2.30. The number of hydrogen-bond donors (Lipinski definition) is 2. The molecule has 1 aliphatic heterocycles. The Morgan fingerprint density at radius 3 is 2.58 bits per heavy atom. The third kappa shape index (κ3) is 6.28. The second-order valence-corrected chi connectivity index (χ2v) is 9.16. The van der Waals surface area contributed by atoms with Crippen LogP contribution in [0.25, 0.3) is 0 Å². The molecule has 0 spiro atoms. The van der Waals surface area contributed by atoms with Crippen molar-refractivity contribution in [2.24, 2.45) is 5.92 Å². The molecule has 4 rings (SSSR count). The van der Waals surface area contributed by atoms with Gasteiger partial charge in [-0.05, 0) is 37.8 Å². The molecule has 1 aromatic heterocycles. The van der Waals surface area contributed by atoms with Crippen molar-refractivity contribution in [1.29, 1.82) is 0 Å². The Kier molecular flexibility index (Phi) is 7.54. The van der Waals surface area contributed by atoms with E-state index < -0.39 is 0 Å². The van der Waals surface area contributed by atoms with Crippen LogP contribution < -0.4 is 25.0 Å². The van der Waals surface area contributed by atoms with Gasteiger partial charge >= 0.3 is 0 Å². The highest BCUT2D eigenvalue weighted by atomic mass is 32.2. The number of nitrogens with zero attached hydrogens (tertiary/aromatic N) is 3. The van der Waals surface area contributed by atoms with Gasteiger partial charge in [-0.3, -0.25) is 9.59 Å². The number of piperidine rings is 1. The zero-order valence-corrected chi connectivity index (χ0v) is 19.7. The van der Waals surface area contributed by atoms with Gasteiger partial charge in [-0.2, -0.15) is 0 Å². The average molecular weight is 472 g/mol. The van der Waals surface area contributed by atoms with Crippen LogP contribution in [0.3, 0.4) is 0 Å². The van der Waals surface area contributed by atoms with Gasteiger partial charge in [-0.1, -0.05) is 11.8 Å². The summed E-state index contributed by atoms with van der Waals surface area (Å²) in [7, 11) is 3.12. The minimum absolute atomic E-state index is 0.0798. The fourth-order valence-electron chi connectivity index (χ4n) is 3.73. The van der Waals surface area contributed by atoms with Gasteiger partial charge in [0.15, 0.2) is 0 Å². The van der Waals surface area contributed by atoms with E-state index in [1.54, 1.807) is 32.4 Å². The second kappa shape index (κ2) is 10.7. The molecular weight excluding hydrogens is 442 g/mol. The summed E-state index contributed by atoms with van der Waals surface area (Å²) in [4.78, 5) is 35.6. The van der Waals surface area contributed by atoms with Crippen LogP contribution in [-0.4, -0.2) is 60.9 Å². The van der Waals surface area contributed by atoms with Crippen LogP contribution in [0.5, 0.6) is 11.5 Å². The molecule has 0 bridgehead atoms.